The smallest absolute Gasteiger partial charge is 0.0331 e. The van der Waals surface area contributed by atoms with Gasteiger partial charge >= 0.3 is 0 Å². The molecule has 2 nitrogen and oxygen atoms in total. The number of rotatable bonds is 5. The van der Waals surface area contributed by atoms with Crippen LogP contribution < -0.4 is 5.32 Å². The van der Waals surface area contributed by atoms with Crippen molar-refractivity contribution < 1.29 is 0 Å². The summed E-state index contributed by atoms with van der Waals surface area (Å²) in [6, 6.07) is 5.33. The van der Waals surface area contributed by atoms with Crippen molar-refractivity contribution in [1.82, 2.24) is 10.2 Å². The molecule has 96 valence electrons. The minimum Gasteiger partial charge on any atom is -0.315 e. The fourth-order valence-corrected chi connectivity index (χ4v) is 3.53. The van der Waals surface area contributed by atoms with Crippen molar-refractivity contribution in [2.45, 2.75) is 45.7 Å². The molecular formula is C14H24N2S. The molecule has 0 bridgehead atoms. The number of likely N-dealkylation sites (N-methyl/N-ethyl adjacent to an activating group) is 1. The third kappa shape index (κ3) is 3.54. The molecule has 0 aliphatic carbocycles. The topological polar surface area (TPSA) is 15.3 Å². The summed E-state index contributed by atoms with van der Waals surface area (Å²) >= 11 is 1.98. The van der Waals surface area contributed by atoms with E-state index in [4.69, 9.17) is 0 Å². The van der Waals surface area contributed by atoms with E-state index in [2.05, 4.69) is 36.2 Å². The molecule has 0 amide bonds. The van der Waals surface area contributed by atoms with Crippen LogP contribution in [-0.4, -0.2) is 30.6 Å². The van der Waals surface area contributed by atoms with Gasteiger partial charge in [0.25, 0.3) is 0 Å². The Kier molecular flexibility index (Phi) is 5.01. The van der Waals surface area contributed by atoms with Crippen molar-refractivity contribution in [2.75, 3.05) is 19.6 Å². The summed E-state index contributed by atoms with van der Waals surface area (Å²) in [5.74, 6) is 0. The van der Waals surface area contributed by atoms with Gasteiger partial charge in [-0.05, 0) is 44.5 Å². The Morgan fingerprint density at radius 1 is 1.35 bits per heavy atom. The fraction of sp³-hybridized carbons (Fsp3) is 0.714. The van der Waals surface area contributed by atoms with Crippen molar-refractivity contribution in [3.63, 3.8) is 0 Å². The highest BCUT2D eigenvalue weighted by atomic mass is 32.1. The Morgan fingerprint density at radius 2 is 2.18 bits per heavy atom. The lowest BCUT2D eigenvalue weighted by molar-refractivity contribution is 0.167. The van der Waals surface area contributed by atoms with Gasteiger partial charge in [-0.3, -0.25) is 4.90 Å². The maximum absolute atomic E-state index is 3.51. The molecule has 2 rings (SSSR count). The molecule has 1 aromatic rings. The van der Waals surface area contributed by atoms with Crippen molar-refractivity contribution >= 4 is 11.3 Å². The van der Waals surface area contributed by atoms with Gasteiger partial charge in [-0.15, -0.1) is 11.3 Å². The molecule has 1 N–H and O–H groups in total. The van der Waals surface area contributed by atoms with Crippen LogP contribution >= 0.6 is 11.3 Å². The molecule has 17 heavy (non-hydrogen) atoms. The molecule has 1 saturated heterocycles. The van der Waals surface area contributed by atoms with Crippen molar-refractivity contribution in [2.24, 2.45) is 0 Å². The van der Waals surface area contributed by atoms with Crippen LogP contribution in [-0.2, 0) is 13.0 Å². The summed E-state index contributed by atoms with van der Waals surface area (Å²) in [6.07, 6.45) is 3.85. The molecule has 1 atom stereocenters. The summed E-state index contributed by atoms with van der Waals surface area (Å²) in [5.41, 5.74) is 0. The number of aryl methyl sites for hydroxylation is 1. The Hall–Kier alpha value is -0.380. The average Bonchev–Trinajstić information content (AvgIpc) is 2.84. The minimum atomic E-state index is 0.737. The molecule has 1 aliphatic heterocycles. The maximum atomic E-state index is 3.51. The zero-order valence-electron chi connectivity index (χ0n) is 11.0. The summed E-state index contributed by atoms with van der Waals surface area (Å²) in [4.78, 5) is 5.66. The second-order valence-corrected chi connectivity index (χ2v) is 6.04. The van der Waals surface area contributed by atoms with Crippen LogP contribution in [0.25, 0.3) is 0 Å². The zero-order valence-corrected chi connectivity index (χ0v) is 11.9. The first-order valence-electron chi connectivity index (χ1n) is 6.85. The summed E-state index contributed by atoms with van der Waals surface area (Å²) in [5, 5.41) is 3.51. The predicted octanol–water partition coefficient (Wildman–Crippen LogP) is 2.88. The third-order valence-electron chi connectivity index (χ3n) is 3.62. The standard InChI is InChI=1S/C14H24N2S/c1-3-13-7-8-14(17-13)11-16(4-2)12-6-5-9-15-10-12/h7-8,12,15H,3-6,9-11H2,1-2H3. The van der Waals surface area contributed by atoms with Crippen LogP contribution in [0.1, 0.15) is 36.4 Å². The summed E-state index contributed by atoms with van der Waals surface area (Å²) in [6.45, 7) is 9.17. The molecule has 0 saturated carbocycles. The SMILES string of the molecule is CCc1ccc(CN(CC)C2CCCNC2)s1. The number of hydrogen-bond donors (Lipinski definition) is 1. The molecule has 1 unspecified atom stereocenters. The number of hydrogen-bond acceptors (Lipinski definition) is 3. The van der Waals surface area contributed by atoms with E-state index in [9.17, 15) is 0 Å². The van der Waals surface area contributed by atoms with Crippen molar-refractivity contribution in [1.29, 1.82) is 0 Å². The first-order chi connectivity index (χ1) is 8.33. The maximum Gasteiger partial charge on any atom is 0.0331 e. The Labute approximate surface area is 109 Å². The van der Waals surface area contributed by atoms with Gasteiger partial charge in [-0.25, -0.2) is 0 Å². The van der Waals surface area contributed by atoms with Crippen LogP contribution in [0.2, 0.25) is 0 Å². The first kappa shape index (κ1) is 13.1. The largest absolute Gasteiger partial charge is 0.315 e. The van der Waals surface area contributed by atoms with Crippen LogP contribution in [0.15, 0.2) is 12.1 Å². The van der Waals surface area contributed by atoms with E-state index in [1.165, 1.54) is 42.1 Å². The van der Waals surface area contributed by atoms with Crippen molar-refractivity contribution in [3.05, 3.63) is 21.9 Å². The minimum absolute atomic E-state index is 0.737. The second kappa shape index (κ2) is 6.53. The molecule has 0 spiro atoms. The van der Waals surface area contributed by atoms with E-state index < -0.39 is 0 Å². The highest BCUT2D eigenvalue weighted by Gasteiger charge is 2.19. The van der Waals surface area contributed by atoms with Gasteiger partial charge in [0.2, 0.25) is 0 Å². The Bertz CT molecular complexity index is 329. The quantitative estimate of drug-likeness (QED) is 0.867. The lowest BCUT2D eigenvalue weighted by atomic mass is 10.1. The third-order valence-corrected chi connectivity index (χ3v) is 4.83. The molecule has 1 aliphatic rings. The number of piperidine rings is 1. The van der Waals surface area contributed by atoms with E-state index in [1.807, 2.05) is 11.3 Å². The second-order valence-electron chi connectivity index (χ2n) is 4.78. The first-order valence-corrected chi connectivity index (χ1v) is 7.67. The summed E-state index contributed by atoms with van der Waals surface area (Å²) < 4.78 is 0. The van der Waals surface area contributed by atoms with Crippen LogP contribution in [0.4, 0.5) is 0 Å². The molecule has 3 heteroatoms. The zero-order chi connectivity index (χ0) is 12.1. The predicted molar refractivity (Wildman–Crippen MR) is 75.7 cm³/mol. The van der Waals surface area contributed by atoms with Gasteiger partial charge in [0.1, 0.15) is 0 Å². The highest BCUT2D eigenvalue weighted by Crippen LogP contribution is 2.21. The van der Waals surface area contributed by atoms with Gasteiger partial charge < -0.3 is 5.32 Å². The molecular weight excluding hydrogens is 228 g/mol. The molecule has 1 fully saturated rings. The lowest BCUT2D eigenvalue weighted by Gasteiger charge is -2.33. The van der Waals surface area contributed by atoms with Gasteiger partial charge in [-0.2, -0.15) is 0 Å². The van der Waals surface area contributed by atoms with Crippen LogP contribution in [0, 0.1) is 0 Å². The number of nitrogens with zero attached hydrogens (tertiary/aromatic N) is 1. The van der Waals surface area contributed by atoms with E-state index in [0.717, 1.165) is 19.1 Å². The Morgan fingerprint density at radius 3 is 2.76 bits per heavy atom. The van der Waals surface area contributed by atoms with E-state index in [-0.39, 0.29) is 0 Å². The molecule has 0 radical (unpaired) electrons. The number of nitrogens with one attached hydrogen (secondary N) is 1. The molecule has 0 aromatic carbocycles. The Balaban J connectivity index is 1.93. The molecule has 2 heterocycles. The lowest BCUT2D eigenvalue weighted by Crippen LogP contribution is -2.45. The van der Waals surface area contributed by atoms with E-state index >= 15 is 0 Å². The number of thiophene rings is 1. The monoisotopic (exact) mass is 252 g/mol. The molecule has 1 aromatic heterocycles. The average molecular weight is 252 g/mol. The fourth-order valence-electron chi connectivity index (χ4n) is 2.54. The van der Waals surface area contributed by atoms with E-state index in [0.29, 0.717) is 0 Å². The van der Waals surface area contributed by atoms with Gasteiger partial charge in [-0.1, -0.05) is 13.8 Å². The van der Waals surface area contributed by atoms with E-state index in [1.54, 1.807) is 0 Å². The van der Waals surface area contributed by atoms with Gasteiger partial charge in [0.15, 0.2) is 0 Å². The normalized spacial score (nSPS) is 21.0. The van der Waals surface area contributed by atoms with Crippen molar-refractivity contribution in [3.8, 4) is 0 Å². The summed E-state index contributed by atoms with van der Waals surface area (Å²) in [7, 11) is 0. The van der Waals surface area contributed by atoms with Crippen LogP contribution in [0.5, 0.6) is 0 Å². The van der Waals surface area contributed by atoms with Gasteiger partial charge in [0.05, 0.1) is 0 Å². The van der Waals surface area contributed by atoms with Crippen LogP contribution in [0.3, 0.4) is 0 Å². The van der Waals surface area contributed by atoms with Gasteiger partial charge in [0, 0.05) is 28.9 Å². The highest BCUT2D eigenvalue weighted by molar-refractivity contribution is 7.11.